The van der Waals surface area contributed by atoms with Crippen molar-refractivity contribution in [2.45, 2.75) is 45.3 Å². The van der Waals surface area contributed by atoms with Crippen molar-refractivity contribution in [3.8, 4) is 0 Å². The predicted octanol–water partition coefficient (Wildman–Crippen LogP) is 3.65. The van der Waals surface area contributed by atoms with Crippen LogP contribution in [0.3, 0.4) is 0 Å². The lowest BCUT2D eigenvalue weighted by Gasteiger charge is -2.29. The largest absolute Gasteiger partial charge is 0.525 e. The SMILES string of the molecule is C/C(=C\C(=O)OC(C)C)C(F)(OC(F)(F)F)C(F)(F)F. The Balaban J connectivity index is 5.45. The van der Waals surface area contributed by atoms with Gasteiger partial charge < -0.3 is 4.74 Å². The van der Waals surface area contributed by atoms with Crippen LogP contribution in [-0.2, 0) is 14.3 Å². The Morgan fingerprint density at radius 2 is 1.50 bits per heavy atom. The number of halogens is 7. The number of esters is 1. The lowest BCUT2D eigenvalue weighted by atomic mass is 10.1. The van der Waals surface area contributed by atoms with E-state index < -0.39 is 36.0 Å². The van der Waals surface area contributed by atoms with Crippen LogP contribution in [0.15, 0.2) is 11.6 Å². The average molecular weight is 312 g/mol. The molecule has 1 atom stereocenters. The highest BCUT2D eigenvalue weighted by molar-refractivity contribution is 5.83. The Morgan fingerprint density at radius 3 is 1.80 bits per heavy atom. The highest BCUT2D eigenvalue weighted by Gasteiger charge is 2.63. The summed E-state index contributed by atoms with van der Waals surface area (Å²) in [7, 11) is 0. The Morgan fingerprint density at radius 1 is 1.05 bits per heavy atom. The molecule has 0 amide bonds. The topological polar surface area (TPSA) is 35.5 Å². The monoisotopic (exact) mass is 312 g/mol. The third kappa shape index (κ3) is 5.35. The highest BCUT2D eigenvalue weighted by Crippen LogP contribution is 2.44. The first-order valence-corrected chi connectivity index (χ1v) is 5.11. The molecule has 0 aromatic rings. The summed E-state index contributed by atoms with van der Waals surface area (Å²) in [6.45, 7) is 3.03. The molecule has 1 unspecified atom stereocenters. The maximum absolute atomic E-state index is 13.5. The van der Waals surface area contributed by atoms with E-state index in [-0.39, 0.29) is 6.08 Å². The van der Waals surface area contributed by atoms with E-state index in [0.717, 1.165) is 0 Å². The maximum atomic E-state index is 13.5. The molecule has 0 aromatic heterocycles. The van der Waals surface area contributed by atoms with Gasteiger partial charge in [0, 0.05) is 11.6 Å². The van der Waals surface area contributed by atoms with Crippen molar-refractivity contribution >= 4 is 5.97 Å². The van der Waals surface area contributed by atoms with Crippen LogP contribution in [0, 0.1) is 0 Å². The van der Waals surface area contributed by atoms with Crippen LogP contribution in [0.4, 0.5) is 30.7 Å². The predicted molar refractivity (Wildman–Crippen MR) is 52.0 cm³/mol. The summed E-state index contributed by atoms with van der Waals surface area (Å²) in [5, 5.41) is 0. The van der Waals surface area contributed by atoms with Crippen LogP contribution >= 0.6 is 0 Å². The molecule has 118 valence electrons. The molecule has 0 fully saturated rings. The van der Waals surface area contributed by atoms with E-state index in [2.05, 4.69) is 9.47 Å². The molecule has 10 heteroatoms. The summed E-state index contributed by atoms with van der Waals surface area (Å²) in [4.78, 5) is 11.0. The Bertz CT molecular complexity index is 383. The van der Waals surface area contributed by atoms with Crippen LogP contribution in [-0.4, -0.2) is 30.5 Å². The molecule has 0 radical (unpaired) electrons. The summed E-state index contributed by atoms with van der Waals surface area (Å²) in [5.41, 5.74) is -1.63. The number of hydrogen-bond donors (Lipinski definition) is 0. The molecule has 0 aliphatic heterocycles. The molecule has 0 bridgehead atoms. The highest BCUT2D eigenvalue weighted by atomic mass is 19.4. The van der Waals surface area contributed by atoms with Crippen molar-refractivity contribution in [3.63, 3.8) is 0 Å². The van der Waals surface area contributed by atoms with E-state index >= 15 is 0 Å². The summed E-state index contributed by atoms with van der Waals surface area (Å²) in [6.07, 6.45) is -12.7. The van der Waals surface area contributed by atoms with Crippen molar-refractivity contribution in [2.24, 2.45) is 0 Å². The van der Waals surface area contributed by atoms with Gasteiger partial charge in [0.2, 0.25) is 0 Å². The molecular formula is C10H11F7O3. The second-order valence-corrected chi connectivity index (χ2v) is 3.95. The minimum absolute atomic E-state index is 0.0424. The summed E-state index contributed by atoms with van der Waals surface area (Å²) in [5.74, 6) is -6.59. The molecule has 0 saturated heterocycles. The zero-order valence-electron chi connectivity index (χ0n) is 10.5. The van der Waals surface area contributed by atoms with Gasteiger partial charge >= 0.3 is 24.4 Å². The number of carbonyl (C=O) groups is 1. The van der Waals surface area contributed by atoms with Gasteiger partial charge in [0.25, 0.3) is 0 Å². The Kier molecular flexibility index (Phi) is 5.59. The molecule has 0 aliphatic rings. The number of alkyl halides is 7. The maximum Gasteiger partial charge on any atom is 0.525 e. The summed E-state index contributed by atoms with van der Waals surface area (Å²) in [6, 6.07) is 0. The van der Waals surface area contributed by atoms with Crippen LogP contribution in [0.1, 0.15) is 20.8 Å². The fraction of sp³-hybridized carbons (Fsp3) is 0.700. The Hall–Kier alpha value is -1.32. The van der Waals surface area contributed by atoms with E-state index in [1.807, 2.05) is 0 Å². The van der Waals surface area contributed by atoms with Gasteiger partial charge in [0.05, 0.1) is 6.10 Å². The van der Waals surface area contributed by atoms with E-state index in [9.17, 15) is 35.5 Å². The quantitative estimate of drug-likeness (QED) is 0.451. The number of ether oxygens (including phenoxy) is 2. The van der Waals surface area contributed by atoms with Gasteiger partial charge in [0.1, 0.15) is 0 Å². The van der Waals surface area contributed by atoms with Crippen molar-refractivity contribution in [2.75, 3.05) is 0 Å². The molecule has 0 rings (SSSR count). The molecule has 0 aliphatic carbocycles. The fourth-order valence-electron chi connectivity index (χ4n) is 1.06. The van der Waals surface area contributed by atoms with Crippen molar-refractivity contribution in [1.29, 1.82) is 0 Å². The molecule has 0 saturated carbocycles. The van der Waals surface area contributed by atoms with Gasteiger partial charge in [-0.3, -0.25) is 0 Å². The van der Waals surface area contributed by atoms with Crippen LogP contribution in [0.5, 0.6) is 0 Å². The van der Waals surface area contributed by atoms with Crippen LogP contribution in [0.2, 0.25) is 0 Å². The van der Waals surface area contributed by atoms with Crippen LogP contribution in [0.25, 0.3) is 0 Å². The third-order valence-electron chi connectivity index (χ3n) is 1.81. The molecule has 3 nitrogen and oxygen atoms in total. The van der Waals surface area contributed by atoms with Crippen molar-refractivity contribution in [3.05, 3.63) is 11.6 Å². The van der Waals surface area contributed by atoms with E-state index in [1.165, 1.54) is 13.8 Å². The summed E-state index contributed by atoms with van der Waals surface area (Å²) >= 11 is 0. The van der Waals surface area contributed by atoms with Gasteiger partial charge in [-0.1, -0.05) is 0 Å². The average Bonchev–Trinajstić information content (AvgIpc) is 2.10. The fourth-order valence-corrected chi connectivity index (χ4v) is 1.06. The minimum Gasteiger partial charge on any atom is -0.460 e. The van der Waals surface area contributed by atoms with Gasteiger partial charge in [0.15, 0.2) is 0 Å². The molecule has 0 spiro atoms. The molecule has 0 heterocycles. The van der Waals surface area contributed by atoms with Crippen molar-refractivity contribution in [1.82, 2.24) is 0 Å². The second-order valence-electron chi connectivity index (χ2n) is 3.95. The number of carbonyl (C=O) groups excluding carboxylic acids is 1. The van der Waals surface area contributed by atoms with Gasteiger partial charge in [-0.25, -0.2) is 9.53 Å². The zero-order valence-corrected chi connectivity index (χ0v) is 10.5. The van der Waals surface area contributed by atoms with Crippen molar-refractivity contribution < 1.29 is 45.0 Å². The third-order valence-corrected chi connectivity index (χ3v) is 1.81. The van der Waals surface area contributed by atoms with Crippen LogP contribution < -0.4 is 0 Å². The lowest BCUT2D eigenvalue weighted by molar-refractivity contribution is -0.435. The smallest absolute Gasteiger partial charge is 0.460 e. The zero-order chi connectivity index (χ0) is 16.4. The normalized spacial score (nSPS) is 17.1. The summed E-state index contributed by atoms with van der Waals surface area (Å²) < 4.78 is 93.3. The van der Waals surface area contributed by atoms with Gasteiger partial charge in [-0.05, 0) is 20.8 Å². The molecule has 20 heavy (non-hydrogen) atoms. The first-order chi connectivity index (χ1) is 8.69. The second kappa shape index (κ2) is 5.98. The van der Waals surface area contributed by atoms with E-state index in [0.29, 0.717) is 6.92 Å². The van der Waals surface area contributed by atoms with Gasteiger partial charge in [-0.15, -0.1) is 13.2 Å². The van der Waals surface area contributed by atoms with E-state index in [1.54, 1.807) is 0 Å². The molecule has 0 aromatic carbocycles. The first kappa shape index (κ1) is 18.7. The lowest BCUT2D eigenvalue weighted by Crippen LogP contribution is -2.48. The minimum atomic E-state index is -6.03. The number of rotatable bonds is 4. The van der Waals surface area contributed by atoms with E-state index in [4.69, 9.17) is 0 Å². The molecule has 0 N–H and O–H groups in total. The first-order valence-electron chi connectivity index (χ1n) is 5.11. The number of hydrogen-bond acceptors (Lipinski definition) is 3. The standard InChI is InChI=1S/C10H11F7O3/c1-5(2)19-7(18)4-6(3)8(11,9(12,13)14)20-10(15,16)17/h4-5H,1-3H3/b6-4+. The van der Waals surface area contributed by atoms with Gasteiger partial charge in [-0.2, -0.15) is 17.6 Å². The Labute approximate surface area is 109 Å². The molecular weight excluding hydrogens is 301 g/mol.